The number of hydrogen-bond acceptors (Lipinski definition) is 2. The number of rotatable bonds is 4. The summed E-state index contributed by atoms with van der Waals surface area (Å²) in [6.45, 7) is 1.68. The molecule has 0 heterocycles. The Kier molecular flexibility index (Phi) is 4.67. The highest BCUT2D eigenvalue weighted by molar-refractivity contribution is 6.42. The molecule has 21 heavy (non-hydrogen) atoms. The lowest BCUT2D eigenvalue weighted by Gasteiger charge is -2.29. The van der Waals surface area contributed by atoms with Gasteiger partial charge in [0.2, 0.25) is 5.91 Å². The molecule has 0 saturated heterocycles. The molecule has 2 rings (SSSR count). The van der Waals surface area contributed by atoms with Crippen molar-refractivity contribution in [2.75, 3.05) is 5.32 Å². The quantitative estimate of drug-likeness (QED) is 0.861. The third kappa shape index (κ3) is 3.43. The van der Waals surface area contributed by atoms with Gasteiger partial charge in [0.15, 0.2) is 0 Å². The summed E-state index contributed by atoms with van der Waals surface area (Å²) in [7, 11) is 0. The van der Waals surface area contributed by atoms with Gasteiger partial charge in [0.25, 0.3) is 0 Å². The first-order valence-corrected chi connectivity index (χ1v) is 7.25. The van der Waals surface area contributed by atoms with Crippen LogP contribution < -0.4 is 11.1 Å². The van der Waals surface area contributed by atoms with Gasteiger partial charge in [-0.2, -0.15) is 0 Å². The molecule has 1 amide bonds. The van der Waals surface area contributed by atoms with Crippen molar-refractivity contribution in [1.82, 2.24) is 0 Å². The van der Waals surface area contributed by atoms with E-state index in [1.807, 2.05) is 0 Å². The lowest BCUT2D eigenvalue weighted by Crippen LogP contribution is -2.45. The van der Waals surface area contributed by atoms with Crippen LogP contribution in [0.25, 0.3) is 0 Å². The van der Waals surface area contributed by atoms with Crippen molar-refractivity contribution in [2.24, 2.45) is 5.73 Å². The fourth-order valence-corrected chi connectivity index (χ4v) is 2.43. The van der Waals surface area contributed by atoms with E-state index in [-0.39, 0.29) is 0 Å². The third-order valence-corrected chi connectivity index (χ3v) is 4.18. The number of benzene rings is 2. The molecule has 0 aliphatic heterocycles. The van der Waals surface area contributed by atoms with Gasteiger partial charge in [-0.05, 0) is 42.8 Å². The highest BCUT2D eigenvalue weighted by atomic mass is 35.5. The van der Waals surface area contributed by atoms with E-state index in [4.69, 9.17) is 40.5 Å². The molecule has 0 saturated carbocycles. The predicted molar refractivity (Wildman–Crippen MR) is 88.1 cm³/mol. The second-order valence-electron chi connectivity index (χ2n) is 4.75. The molecule has 2 aromatic rings. The molecular weight excluding hydrogens is 331 g/mol. The molecule has 1 unspecified atom stereocenters. The van der Waals surface area contributed by atoms with Crippen LogP contribution in [-0.4, -0.2) is 5.91 Å². The number of carbonyl (C=O) groups is 1. The molecule has 6 heteroatoms. The number of nitrogens with one attached hydrogen (secondary N) is 1. The number of amides is 1. The van der Waals surface area contributed by atoms with Crippen LogP contribution in [0, 0.1) is 0 Å². The van der Waals surface area contributed by atoms with Gasteiger partial charge < -0.3 is 11.1 Å². The largest absolute Gasteiger partial charge is 0.368 e. The fraction of sp³-hybridized carbons (Fsp3) is 0.133. The molecule has 0 aliphatic rings. The average molecular weight is 344 g/mol. The summed E-state index contributed by atoms with van der Waals surface area (Å²) in [5, 5.41) is 4.42. The van der Waals surface area contributed by atoms with Crippen molar-refractivity contribution in [3.8, 4) is 0 Å². The highest BCUT2D eigenvalue weighted by Gasteiger charge is 2.33. The van der Waals surface area contributed by atoms with Gasteiger partial charge in [0.1, 0.15) is 5.54 Å². The molecule has 0 aliphatic carbocycles. The van der Waals surface area contributed by atoms with Crippen molar-refractivity contribution in [2.45, 2.75) is 12.5 Å². The van der Waals surface area contributed by atoms with Gasteiger partial charge in [0, 0.05) is 10.7 Å². The number of hydrogen-bond donors (Lipinski definition) is 2. The predicted octanol–water partition coefficient (Wildman–Crippen LogP) is 4.46. The lowest BCUT2D eigenvalue weighted by atomic mass is 9.91. The van der Waals surface area contributed by atoms with Gasteiger partial charge in [-0.3, -0.25) is 4.79 Å². The first kappa shape index (κ1) is 16.0. The minimum Gasteiger partial charge on any atom is -0.368 e. The summed E-state index contributed by atoms with van der Waals surface area (Å²) in [6, 6.07) is 12.0. The number of nitrogens with two attached hydrogens (primary N) is 1. The summed E-state index contributed by atoms with van der Waals surface area (Å²) in [5.41, 5.74) is 5.72. The van der Waals surface area contributed by atoms with E-state index >= 15 is 0 Å². The molecule has 3 nitrogen and oxygen atoms in total. The lowest BCUT2D eigenvalue weighted by molar-refractivity contribution is -0.122. The zero-order chi connectivity index (χ0) is 15.6. The van der Waals surface area contributed by atoms with Crippen molar-refractivity contribution < 1.29 is 4.79 Å². The van der Waals surface area contributed by atoms with E-state index in [0.717, 1.165) is 0 Å². The number of carbonyl (C=O) groups excluding carboxylic acids is 1. The van der Waals surface area contributed by atoms with Crippen molar-refractivity contribution >= 4 is 46.4 Å². The van der Waals surface area contributed by atoms with Crippen LogP contribution in [0.3, 0.4) is 0 Å². The topological polar surface area (TPSA) is 55.1 Å². The van der Waals surface area contributed by atoms with Gasteiger partial charge in [-0.15, -0.1) is 0 Å². The van der Waals surface area contributed by atoms with E-state index in [1.54, 1.807) is 49.4 Å². The van der Waals surface area contributed by atoms with Crippen molar-refractivity contribution in [3.05, 3.63) is 63.1 Å². The second-order valence-corrected chi connectivity index (χ2v) is 6.00. The molecule has 0 fully saturated rings. The summed E-state index contributed by atoms with van der Waals surface area (Å²) >= 11 is 17.9. The normalized spacial score (nSPS) is 13.5. The Morgan fingerprint density at radius 1 is 1.10 bits per heavy atom. The zero-order valence-corrected chi connectivity index (χ0v) is 13.4. The van der Waals surface area contributed by atoms with E-state index in [0.29, 0.717) is 26.3 Å². The van der Waals surface area contributed by atoms with E-state index in [1.165, 1.54) is 0 Å². The maximum absolute atomic E-state index is 12.0. The third-order valence-electron chi connectivity index (χ3n) is 3.21. The Hall–Kier alpha value is -1.42. The SMILES string of the molecule is CC(Nc1cccc(Cl)c1)(C(N)=O)c1ccc(Cl)c(Cl)c1. The van der Waals surface area contributed by atoms with Crippen LogP contribution in [0.1, 0.15) is 12.5 Å². The molecule has 0 radical (unpaired) electrons. The standard InChI is InChI=1S/C15H13Cl3N2O/c1-15(14(19)21,9-5-6-12(17)13(18)7-9)20-11-4-2-3-10(16)8-11/h2-8,20H,1H3,(H2,19,21). The molecule has 0 spiro atoms. The van der Waals surface area contributed by atoms with E-state index in [9.17, 15) is 4.79 Å². The Morgan fingerprint density at radius 3 is 2.38 bits per heavy atom. The zero-order valence-electron chi connectivity index (χ0n) is 11.2. The second kappa shape index (κ2) is 6.14. The van der Waals surface area contributed by atoms with Gasteiger partial charge >= 0.3 is 0 Å². The van der Waals surface area contributed by atoms with Crippen LogP contribution in [0.15, 0.2) is 42.5 Å². The number of halogens is 3. The van der Waals surface area contributed by atoms with Crippen molar-refractivity contribution in [3.63, 3.8) is 0 Å². The maximum atomic E-state index is 12.0. The number of primary amides is 1. The number of anilines is 1. The van der Waals surface area contributed by atoms with E-state index < -0.39 is 11.4 Å². The molecule has 2 aromatic carbocycles. The summed E-state index contributed by atoms with van der Waals surface area (Å²) in [6.07, 6.45) is 0. The Labute approximate surface area is 138 Å². The van der Waals surface area contributed by atoms with Crippen LogP contribution >= 0.6 is 34.8 Å². The molecule has 1 atom stereocenters. The average Bonchev–Trinajstić information content (AvgIpc) is 2.41. The highest BCUT2D eigenvalue weighted by Crippen LogP contribution is 2.31. The van der Waals surface area contributed by atoms with Gasteiger partial charge in [-0.25, -0.2) is 0 Å². The minimum atomic E-state index is -1.14. The first-order chi connectivity index (χ1) is 9.83. The smallest absolute Gasteiger partial charge is 0.247 e. The molecule has 0 aromatic heterocycles. The minimum absolute atomic E-state index is 0.356. The Balaban J connectivity index is 2.45. The summed E-state index contributed by atoms with van der Waals surface area (Å²) in [5.74, 6) is -0.541. The Bertz CT molecular complexity index is 690. The van der Waals surface area contributed by atoms with Gasteiger partial charge in [0.05, 0.1) is 10.0 Å². The Morgan fingerprint density at radius 2 is 1.81 bits per heavy atom. The van der Waals surface area contributed by atoms with Gasteiger partial charge in [-0.1, -0.05) is 46.9 Å². The molecule has 0 bridgehead atoms. The van der Waals surface area contributed by atoms with E-state index in [2.05, 4.69) is 5.32 Å². The fourth-order valence-electron chi connectivity index (χ4n) is 1.94. The summed E-state index contributed by atoms with van der Waals surface area (Å²) < 4.78 is 0. The van der Waals surface area contributed by atoms with Crippen LogP contribution in [-0.2, 0) is 10.3 Å². The first-order valence-electron chi connectivity index (χ1n) is 6.12. The molecule has 110 valence electrons. The van der Waals surface area contributed by atoms with Crippen LogP contribution in [0.5, 0.6) is 0 Å². The van der Waals surface area contributed by atoms with Crippen LogP contribution in [0.2, 0.25) is 15.1 Å². The summed E-state index contributed by atoms with van der Waals surface area (Å²) in [4.78, 5) is 12.0. The molecule has 3 N–H and O–H groups in total. The maximum Gasteiger partial charge on any atom is 0.247 e. The van der Waals surface area contributed by atoms with Crippen LogP contribution in [0.4, 0.5) is 5.69 Å². The monoisotopic (exact) mass is 342 g/mol. The molecular formula is C15H13Cl3N2O. The van der Waals surface area contributed by atoms with Crippen molar-refractivity contribution in [1.29, 1.82) is 0 Å².